The molecule has 4 atom stereocenters. The molecule has 0 saturated carbocycles. The molecule has 6 rings (SSSR count). The third kappa shape index (κ3) is 18.8. The van der Waals surface area contributed by atoms with Crippen molar-refractivity contribution in [3.8, 4) is 0 Å². The first-order valence-corrected chi connectivity index (χ1v) is 25.7. The van der Waals surface area contributed by atoms with Crippen LogP contribution in [0.4, 0.5) is 0 Å². The summed E-state index contributed by atoms with van der Waals surface area (Å²) < 4.78 is 0. The summed E-state index contributed by atoms with van der Waals surface area (Å²) in [5.41, 5.74) is 0. The molecule has 352 valence electrons. The van der Waals surface area contributed by atoms with Crippen molar-refractivity contribution >= 4 is 0 Å². The van der Waals surface area contributed by atoms with Gasteiger partial charge in [0.15, 0.2) is 0 Å². The Labute approximate surface area is 372 Å². The smallest absolute Gasteiger partial charge is 0.0242 e. The van der Waals surface area contributed by atoms with Gasteiger partial charge >= 0.3 is 0 Å². The summed E-state index contributed by atoms with van der Waals surface area (Å²) >= 11 is 0. The predicted molar refractivity (Wildman–Crippen MR) is 263 cm³/mol. The molecule has 2 bridgehead atoms. The normalized spacial score (nSPS) is 27.2. The quantitative estimate of drug-likeness (QED) is 0.216. The van der Waals surface area contributed by atoms with E-state index in [0.29, 0.717) is 0 Å². The van der Waals surface area contributed by atoms with Gasteiger partial charge in [0.25, 0.3) is 0 Å². The minimum absolute atomic E-state index is 0.722. The van der Waals surface area contributed by atoms with Crippen LogP contribution in [-0.2, 0) is 0 Å². The SMILES string of the molecule is CC(C)C1CCN(C(C)C)CC1.CC(C)N1CCN(C(C)C)CC1.CC(C)N1C[C@@H]2C[C@H]1CN2C(C)C.CC(C)[C@@H]1CCN(C(C)C)C1.CC(C)[C@H]1CCN(C(C)C)C1. The zero-order valence-corrected chi connectivity index (χ0v) is 43.8. The fraction of sp³-hybridized carbons (Fsp3) is 1.00. The van der Waals surface area contributed by atoms with E-state index in [4.69, 9.17) is 0 Å². The summed E-state index contributed by atoms with van der Waals surface area (Å²) in [6.07, 6.45) is 7.06. The average molecular weight is 832 g/mol. The maximum absolute atomic E-state index is 2.67. The molecular formula is C52H109N7. The number of piperazine rings is 2. The van der Waals surface area contributed by atoms with Gasteiger partial charge < -0.3 is 14.7 Å². The molecular weight excluding hydrogens is 723 g/mol. The van der Waals surface area contributed by atoms with Crippen LogP contribution in [0, 0.1) is 35.5 Å². The molecule has 0 N–H and O–H groups in total. The highest BCUT2D eigenvalue weighted by atomic mass is 15.4. The highest BCUT2D eigenvalue weighted by molar-refractivity contribution is 5.01. The van der Waals surface area contributed by atoms with E-state index in [2.05, 4.69) is 173 Å². The fourth-order valence-electron chi connectivity index (χ4n) is 10.5. The Morgan fingerprint density at radius 1 is 0.271 bits per heavy atom. The lowest BCUT2D eigenvalue weighted by atomic mass is 9.86. The van der Waals surface area contributed by atoms with E-state index in [-0.39, 0.29) is 0 Å². The van der Waals surface area contributed by atoms with Gasteiger partial charge in [0.1, 0.15) is 0 Å². The van der Waals surface area contributed by atoms with Crippen LogP contribution in [-0.4, -0.2) is 167 Å². The number of likely N-dealkylation sites (tertiary alicyclic amines) is 5. The minimum Gasteiger partial charge on any atom is -0.301 e. The van der Waals surface area contributed by atoms with E-state index < -0.39 is 0 Å². The Hall–Kier alpha value is -0.280. The van der Waals surface area contributed by atoms with Crippen molar-refractivity contribution in [2.75, 3.05) is 78.5 Å². The second-order valence-electron chi connectivity index (χ2n) is 22.9. The Morgan fingerprint density at radius 3 is 0.729 bits per heavy atom. The fourth-order valence-corrected chi connectivity index (χ4v) is 10.5. The highest BCUT2D eigenvalue weighted by Gasteiger charge is 2.44. The maximum Gasteiger partial charge on any atom is 0.0242 e. The van der Waals surface area contributed by atoms with E-state index in [9.17, 15) is 0 Å². The molecule has 6 saturated heterocycles. The van der Waals surface area contributed by atoms with E-state index >= 15 is 0 Å². The van der Waals surface area contributed by atoms with Gasteiger partial charge in [-0.25, -0.2) is 0 Å². The molecule has 6 aliphatic heterocycles. The van der Waals surface area contributed by atoms with Gasteiger partial charge in [-0.15, -0.1) is 0 Å². The van der Waals surface area contributed by atoms with Crippen LogP contribution in [0.2, 0.25) is 0 Å². The first-order valence-electron chi connectivity index (χ1n) is 25.7. The van der Waals surface area contributed by atoms with E-state index in [0.717, 1.165) is 89.9 Å². The Bertz CT molecular complexity index is 911. The Kier molecular flexibility index (Phi) is 25.2. The van der Waals surface area contributed by atoms with Crippen LogP contribution in [0.3, 0.4) is 0 Å². The minimum atomic E-state index is 0.722. The molecule has 0 spiro atoms. The highest BCUT2D eigenvalue weighted by Crippen LogP contribution is 2.33. The van der Waals surface area contributed by atoms with Gasteiger partial charge in [-0.1, -0.05) is 41.5 Å². The monoisotopic (exact) mass is 832 g/mol. The van der Waals surface area contributed by atoms with Crippen molar-refractivity contribution in [2.45, 2.75) is 225 Å². The Morgan fingerprint density at radius 2 is 0.525 bits per heavy atom. The lowest BCUT2D eigenvalue weighted by Gasteiger charge is -2.38. The summed E-state index contributed by atoms with van der Waals surface area (Å²) in [6, 6.07) is 6.88. The third-order valence-corrected chi connectivity index (χ3v) is 15.6. The molecule has 0 radical (unpaired) electrons. The molecule has 59 heavy (non-hydrogen) atoms. The van der Waals surface area contributed by atoms with Gasteiger partial charge in [0.05, 0.1) is 0 Å². The number of rotatable bonds is 10. The number of hydrogen-bond donors (Lipinski definition) is 0. The van der Waals surface area contributed by atoms with Crippen molar-refractivity contribution in [2.24, 2.45) is 35.5 Å². The largest absolute Gasteiger partial charge is 0.301 e. The lowest BCUT2D eigenvalue weighted by Crippen LogP contribution is -2.50. The molecule has 0 aromatic rings. The first-order chi connectivity index (χ1) is 27.5. The van der Waals surface area contributed by atoms with Crippen LogP contribution in [0.15, 0.2) is 0 Å². The van der Waals surface area contributed by atoms with Crippen molar-refractivity contribution in [1.29, 1.82) is 0 Å². The molecule has 0 aromatic carbocycles. The van der Waals surface area contributed by atoms with Crippen molar-refractivity contribution in [3.63, 3.8) is 0 Å². The zero-order valence-electron chi connectivity index (χ0n) is 43.8. The summed E-state index contributed by atoms with van der Waals surface area (Å²) in [4.78, 5) is 18.2. The predicted octanol–water partition coefficient (Wildman–Crippen LogP) is 10.5. The molecule has 0 aliphatic carbocycles. The number of fused-ring (bicyclic) bond motifs is 2. The van der Waals surface area contributed by atoms with Gasteiger partial charge in [-0.3, -0.25) is 19.6 Å². The van der Waals surface area contributed by atoms with Crippen LogP contribution in [0.25, 0.3) is 0 Å². The average Bonchev–Trinajstić information content (AvgIpc) is 4.01. The number of hydrogen-bond acceptors (Lipinski definition) is 7. The second-order valence-corrected chi connectivity index (χ2v) is 22.9. The third-order valence-electron chi connectivity index (χ3n) is 15.6. The van der Waals surface area contributed by atoms with E-state index in [1.54, 1.807) is 0 Å². The van der Waals surface area contributed by atoms with Gasteiger partial charge in [-0.2, -0.15) is 0 Å². The van der Waals surface area contributed by atoms with Crippen molar-refractivity contribution in [3.05, 3.63) is 0 Å². The van der Waals surface area contributed by atoms with Gasteiger partial charge in [-0.05, 0) is 191 Å². The maximum atomic E-state index is 2.67. The standard InChI is InChI=1S/C11H22N2.C11H23N.C10H22N2.2C10H21N/c1-8(2)12-6-11-5-10(12)7-13(11)9(3)4;2*1-9(2)11-5-7-12(8-6-11)10(3)4;2*1-8(2)10-5-6-11(7-10)9(3)4/h8-11H,5-7H2,1-4H3;9-11H,5-8H2,1-4H3;9-10H,5-8H2,1-4H3;2*8-10H,5-7H2,1-4H3/t10-,11-;;;2*10-/m0..10/s1. The molecule has 7 heteroatoms. The molecule has 6 aliphatic rings. The molecule has 7 nitrogen and oxygen atoms in total. The molecule has 6 fully saturated rings. The molecule has 0 amide bonds. The summed E-state index contributed by atoms with van der Waals surface area (Å²) in [5.74, 6) is 5.53. The van der Waals surface area contributed by atoms with Crippen LogP contribution in [0.5, 0.6) is 0 Å². The summed E-state index contributed by atoms with van der Waals surface area (Å²) in [6.45, 7) is 61.8. The van der Waals surface area contributed by atoms with E-state index in [1.807, 2.05) is 0 Å². The first kappa shape index (κ1) is 54.9. The van der Waals surface area contributed by atoms with E-state index in [1.165, 1.54) is 111 Å². The zero-order chi connectivity index (χ0) is 44.7. The van der Waals surface area contributed by atoms with Gasteiger partial charge in [0, 0.05) is 107 Å². The number of nitrogens with zero attached hydrogens (tertiary/aromatic N) is 7. The Balaban J connectivity index is 0.000000255. The van der Waals surface area contributed by atoms with Crippen LogP contribution < -0.4 is 0 Å². The number of piperidine rings is 1. The van der Waals surface area contributed by atoms with Crippen molar-refractivity contribution in [1.82, 2.24) is 34.3 Å². The molecule has 0 aromatic heterocycles. The molecule has 6 heterocycles. The lowest BCUT2D eigenvalue weighted by molar-refractivity contribution is 0.0849. The summed E-state index contributed by atoms with van der Waals surface area (Å²) in [7, 11) is 0. The van der Waals surface area contributed by atoms with Crippen LogP contribution >= 0.6 is 0 Å². The van der Waals surface area contributed by atoms with Crippen molar-refractivity contribution < 1.29 is 0 Å². The van der Waals surface area contributed by atoms with Gasteiger partial charge in [0.2, 0.25) is 0 Å². The van der Waals surface area contributed by atoms with Crippen LogP contribution in [0.1, 0.15) is 171 Å². The second kappa shape index (κ2) is 27.1. The molecule has 0 unspecified atom stereocenters. The summed E-state index contributed by atoms with van der Waals surface area (Å²) in [5, 5.41) is 0. The topological polar surface area (TPSA) is 22.7 Å².